The summed E-state index contributed by atoms with van der Waals surface area (Å²) in [5, 5.41) is 6.75. The van der Waals surface area contributed by atoms with Crippen LogP contribution in [-0.4, -0.2) is 45.1 Å². The van der Waals surface area contributed by atoms with Crippen LogP contribution in [0.3, 0.4) is 0 Å². The number of amides is 1. The smallest absolute Gasteiger partial charge is 0.293 e. The third kappa shape index (κ3) is 2.46. The standard InChI is InChI=1S/C11H19N5O/c1-3-4-9-13-10(15-14-9)11(17)16-5-7(2)8(12)6-16/h7-8H,3-6,12H2,1-2H3,(H,13,14,15). The number of aromatic nitrogens is 3. The molecule has 17 heavy (non-hydrogen) atoms. The van der Waals surface area contributed by atoms with E-state index in [0.717, 1.165) is 18.7 Å². The molecule has 0 saturated carbocycles. The van der Waals surface area contributed by atoms with E-state index < -0.39 is 0 Å². The van der Waals surface area contributed by atoms with E-state index in [-0.39, 0.29) is 17.8 Å². The van der Waals surface area contributed by atoms with Crippen molar-refractivity contribution in [3.8, 4) is 0 Å². The van der Waals surface area contributed by atoms with Crippen LogP contribution in [0.25, 0.3) is 0 Å². The SMILES string of the molecule is CCCc1nc(C(=O)N2CC(C)C(N)C2)n[nH]1. The average molecular weight is 237 g/mol. The zero-order chi connectivity index (χ0) is 12.4. The molecule has 0 aliphatic carbocycles. The van der Waals surface area contributed by atoms with Crippen LogP contribution in [0.15, 0.2) is 0 Å². The maximum Gasteiger partial charge on any atom is 0.293 e. The molecule has 2 atom stereocenters. The van der Waals surface area contributed by atoms with Gasteiger partial charge in [-0.3, -0.25) is 9.89 Å². The number of carbonyl (C=O) groups excluding carboxylic acids is 1. The first-order valence-corrected chi connectivity index (χ1v) is 6.08. The molecule has 2 rings (SSSR count). The van der Waals surface area contributed by atoms with Crippen molar-refractivity contribution in [2.45, 2.75) is 32.7 Å². The van der Waals surface area contributed by atoms with Gasteiger partial charge < -0.3 is 10.6 Å². The molecule has 1 fully saturated rings. The number of aryl methyl sites for hydroxylation is 1. The number of nitrogens with two attached hydrogens (primary N) is 1. The lowest BCUT2D eigenvalue weighted by Gasteiger charge is -2.12. The fraction of sp³-hybridized carbons (Fsp3) is 0.727. The van der Waals surface area contributed by atoms with Crippen LogP contribution >= 0.6 is 0 Å². The summed E-state index contributed by atoms with van der Waals surface area (Å²) in [4.78, 5) is 18.0. The highest BCUT2D eigenvalue weighted by Gasteiger charge is 2.31. The summed E-state index contributed by atoms with van der Waals surface area (Å²) in [5.41, 5.74) is 5.89. The van der Waals surface area contributed by atoms with Crippen LogP contribution in [0, 0.1) is 5.92 Å². The van der Waals surface area contributed by atoms with Crippen LogP contribution in [0.4, 0.5) is 0 Å². The Labute approximate surface area is 101 Å². The van der Waals surface area contributed by atoms with E-state index >= 15 is 0 Å². The number of nitrogens with zero attached hydrogens (tertiary/aromatic N) is 3. The highest BCUT2D eigenvalue weighted by molar-refractivity contribution is 5.90. The largest absolute Gasteiger partial charge is 0.334 e. The number of hydrogen-bond acceptors (Lipinski definition) is 4. The van der Waals surface area contributed by atoms with Gasteiger partial charge >= 0.3 is 0 Å². The number of H-pyrrole nitrogens is 1. The van der Waals surface area contributed by atoms with Crippen molar-refractivity contribution >= 4 is 5.91 Å². The average Bonchev–Trinajstić information content (AvgIpc) is 2.87. The molecule has 6 nitrogen and oxygen atoms in total. The highest BCUT2D eigenvalue weighted by Crippen LogP contribution is 2.16. The fourth-order valence-corrected chi connectivity index (χ4v) is 2.04. The number of likely N-dealkylation sites (tertiary alicyclic amines) is 1. The Morgan fingerprint density at radius 1 is 1.59 bits per heavy atom. The molecule has 0 bridgehead atoms. The van der Waals surface area contributed by atoms with Crippen LogP contribution in [-0.2, 0) is 6.42 Å². The molecule has 1 aliphatic rings. The zero-order valence-corrected chi connectivity index (χ0v) is 10.3. The van der Waals surface area contributed by atoms with E-state index in [9.17, 15) is 4.79 Å². The van der Waals surface area contributed by atoms with E-state index in [4.69, 9.17) is 5.73 Å². The molecule has 94 valence electrons. The molecule has 0 radical (unpaired) electrons. The summed E-state index contributed by atoms with van der Waals surface area (Å²) in [6.45, 7) is 5.40. The minimum Gasteiger partial charge on any atom is -0.334 e. The van der Waals surface area contributed by atoms with E-state index in [2.05, 4.69) is 29.0 Å². The van der Waals surface area contributed by atoms with Gasteiger partial charge in [-0.25, -0.2) is 4.98 Å². The van der Waals surface area contributed by atoms with Gasteiger partial charge in [-0.05, 0) is 12.3 Å². The second-order valence-electron chi connectivity index (χ2n) is 4.71. The van der Waals surface area contributed by atoms with Crippen molar-refractivity contribution < 1.29 is 4.79 Å². The molecule has 0 aromatic carbocycles. The van der Waals surface area contributed by atoms with Gasteiger partial charge in [0.1, 0.15) is 5.82 Å². The normalized spacial score (nSPS) is 24.3. The Bertz CT molecular complexity index is 392. The zero-order valence-electron chi connectivity index (χ0n) is 10.3. The minimum atomic E-state index is -0.122. The summed E-state index contributed by atoms with van der Waals surface area (Å²) in [7, 11) is 0. The van der Waals surface area contributed by atoms with Gasteiger partial charge in [0.05, 0.1) is 0 Å². The van der Waals surface area contributed by atoms with Gasteiger partial charge in [-0.1, -0.05) is 13.8 Å². The van der Waals surface area contributed by atoms with Crippen LogP contribution in [0.5, 0.6) is 0 Å². The number of aromatic amines is 1. The van der Waals surface area contributed by atoms with Crippen LogP contribution < -0.4 is 5.73 Å². The molecule has 1 aromatic heterocycles. The minimum absolute atomic E-state index is 0.0630. The topological polar surface area (TPSA) is 87.9 Å². The molecule has 2 heterocycles. The van der Waals surface area contributed by atoms with E-state index in [1.54, 1.807) is 4.90 Å². The van der Waals surface area contributed by atoms with Gasteiger partial charge in [0.15, 0.2) is 0 Å². The highest BCUT2D eigenvalue weighted by atomic mass is 16.2. The molecule has 1 aromatic rings. The third-order valence-corrected chi connectivity index (χ3v) is 3.17. The second kappa shape index (κ2) is 4.83. The number of nitrogens with one attached hydrogen (secondary N) is 1. The van der Waals surface area contributed by atoms with Crippen LogP contribution in [0.2, 0.25) is 0 Å². The Kier molecular flexibility index (Phi) is 3.42. The second-order valence-corrected chi connectivity index (χ2v) is 4.71. The first-order chi connectivity index (χ1) is 8.11. The first kappa shape index (κ1) is 12.0. The molecule has 1 aliphatic heterocycles. The van der Waals surface area contributed by atoms with E-state index in [1.807, 2.05) is 0 Å². The van der Waals surface area contributed by atoms with Crippen molar-refractivity contribution in [2.75, 3.05) is 13.1 Å². The van der Waals surface area contributed by atoms with Crippen molar-refractivity contribution in [2.24, 2.45) is 11.7 Å². The summed E-state index contributed by atoms with van der Waals surface area (Å²) in [6.07, 6.45) is 1.80. The third-order valence-electron chi connectivity index (χ3n) is 3.17. The summed E-state index contributed by atoms with van der Waals surface area (Å²) in [5.74, 6) is 1.25. The van der Waals surface area contributed by atoms with Gasteiger partial charge in [-0.15, -0.1) is 5.10 Å². The molecule has 2 unspecified atom stereocenters. The molecular weight excluding hydrogens is 218 g/mol. The quantitative estimate of drug-likeness (QED) is 0.784. The van der Waals surface area contributed by atoms with Crippen molar-refractivity contribution in [3.05, 3.63) is 11.6 Å². The first-order valence-electron chi connectivity index (χ1n) is 6.08. The van der Waals surface area contributed by atoms with Crippen molar-refractivity contribution in [3.63, 3.8) is 0 Å². The molecule has 1 saturated heterocycles. The summed E-state index contributed by atoms with van der Waals surface area (Å²) < 4.78 is 0. The molecule has 0 spiro atoms. The fourth-order valence-electron chi connectivity index (χ4n) is 2.04. The van der Waals surface area contributed by atoms with Gasteiger partial charge in [0.2, 0.25) is 5.82 Å². The number of hydrogen-bond donors (Lipinski definition) is 2. The van der Waals surface area contributed by atoms with Gasteiger partial charge in [0.25, 0.3) is 5.91 Å². The van der Waals surface area contributed by atoms with Crippen molar-refractivity contribution in [1.29, 1.82) is 0 Å². The Morgan fingerprint density at radius 2 is 2.35 bits per heavy atom. The van der Waals surface area contributed by atoms with Crippen LogP contribution in [0.1, 0.15) is 36.7 Å². The molecule has 6 heteroatoms. The maximum atomic E-state index is 12.1. The molecule has 1 amide bonds. The predicted molar refractivity (Wildman–Crippen MR) is 63.4 cm³/mol. The summed E-state index contributed by atoms with van der Waals surface area (Å²) in [6, 6.07) is 0.0630. The van der Waals surface area contributed by atoms with Crippen molar-refractivity contribution in [1.82, 2.24) is 20.1 Å². The predicted octanol–water partition coefficient (Wildman–Crippen LogP) is 0.176. The van der Waals surface area contributed by atoms with E-state index in [1.165, 1.54) is 0 Å². The Morgan fingerprint density at radius 3 is 2.94 bits per heavy atom. The van der Waals surface area contributed by atoms with Gasteiger partial charge in [0, 0.05) is 25.6 Å². The summed E-state index contributed by atoms with van der Waals surface area (Å²) >= 11 is 0. The van der Waals surface area contributed by atoms with Gasteiger partial charge in [-0.2, -0.15) is 0 Å². The lowest BCUT2D eigenvalue weighted by Crippen LogP contribution is -2.32. The van der Waals surface area contributed by atoms with E-state index in [0.29, 0.717) is 19.0 Å². The Hall–Kier alpha value is -1.43. The molecular formula is C11H19N5O. The maximum absolute atomic E-state index is 12.1. The number of carbonyl (C=O) groups is 1. The molecule has 3 N–H and O–H groups in total. The monoisotopic (exact) mass is 237 g/mol. The Balaban J connectivity index is 2.04. The number of rotatable bonds is 3. The lowest BCUT2D eigenvalue weighted by atomic mass is 10.1. The lowest BCUT2D eigenvalue weighted by molar-refractivity contribution is 0.0775.